The zero-order valence-electron chi connectivity index (χ0n) is 10.3. The predicted molar refractivity (Wildman–Crippen MR) is 68.3 cm³/mol. The van der Waals surface area contributed by atoms with Crippen LogP contribution < -0.4 is 0 Å². The van der Waals surface area contributed by atoms with Crippen LogP contribution in [0.5, 0.6) is 0 Å². The summed E-state index contributed by atoms with van der Waals surface area (Å²) in [6, 6.07) is 6.65. The molecule has 0 fully saturated rings. The molecule has 0 radical (unpaired) electrons. The summed E-state index contributed by atoms with van der Waals surface area (Å²) >= 11 is 0. The van der Waals surface area contributed by atoms with E-state index in [9.17, 15) is 18.0 Å². The third-order valence-electron chi connectivity index (χ3n) is 2.57. The van der Waals surface area contributed by atoms with Crippen molar-refractivity contribution >= 4 is 22.3 Å². The van der Waals surface area contributed by atoms with E-state index in [0.717, 1.165) is 6.07 Å². The number of aromatic carboxylic acids is 1. The molecule has 1 aromatic carbocycles. The number of carbonyl (C=O) groups is 2. The average molecular weight is 294 g/mol. The summed E-state index contributed by atoms with van der Waals surface area (Å²) in [4.78, 5) is 21.7. The van der Waals surface area contributed by atoms with E-state index in [1.54, 1.807) is 0 Å². The molecule has 0 saturated heterocycles. The highest BCUT2D eigenvalue weighted by atomic mass is 32.2. The van der Waals surface area contributed by atoms with Crippen LogP contribution in [0.3, 0.4) is 0 Å². The first-order valence-corrected chi connectivity index (χ1v) is 6.91. The summed E-state index contributed by atoms with van der Waals surface area (Å²) in [5.74, 6) is -1.42. The molecule has 0 unspecified atom stereocenters. The number of hydrogen-bond acceptors (Lipinski definition) is 5. The molecule has 0 spiro atoms. The minimum absolute atomic E-state index is 0.0583. The van der Waals surface area contributed by atoms with Gasteiger partial charge in [0.2, 0.25) is 0 Å². The van der Waals surface area contributed by atoms with Gasteiger partial charge in [0.05, 0.1) is 10.6 Å². The van der Waals surface area contributed by atoms with Crippen molar-refractivity contribution in [3.8, 4) is 0 Å². The highest BCUT2D eigenvalue weighted by Gasteiger charge is 2.27. The largest absolute Gasteiger partial charge is 0.476 e. The second-order valence-corrected chi connectivity index (χ2v) is 5.72. The van der Waals surface area contributed by atoms with Gasteiger partial charge in [-0.15, -0.1) is 4.09 Å². The molecule has 0 saturated carbocycles. The van der Waals surface area contributed by atoms with Crippen molar-refractivity contribution in [3.63, 3.8) is 0 Å². The lowest BCUT2D eigenvalue weighted by atomic mass is 10.2. The van der Waals surface area contributed by atoms with Gasteiger partial charge in [0.15, 0.2) is 12.0 Å². The van der Waals surface area contributed by atoms with E-state index in [-0.39, 0.29) is 16.2 Å². The fraction of sp³-hybridized carbons (Fsp3) is 0.0833. The van der Waals surface area contributed by atoms with Crippen LogP contribution in [0.1, 0.15) is 26.5 Å². The molecular formula is C12H10N2O5S. The number of hydrogen-bond donors (Lipinski definition) is 1. The molecule has 0 aliphatic carbocycles. The molecule has 0 bridgehead atoms. The summed E-state index contributed by atoms with van der Waals surface area (Å²) in [5.41, 5.74) is -0.297. The molecule has 0 aliphatic rings. The van der Waals surface area contributed by atoms with Crippen LogP contribution in [0.15, 0.2) is 35.2 Å². The summed E-state index contributed by atoms with van der Waals surface area (Å²) in [5, 5.41) is 12.7. The average Bonchev–Trinajstić information content (AvgIpc) is 2.82. The monoisotopic (exact) mass is 294 g/mol. The van der Waals surface area contributed by atoms with Gasteiger partial charge in [-0.3, -0.25) is 4.79 Å². The van der Waals surface area contributed by atoms with Crippen LogP contribution in [0.4, 0.5) is 0 Å². The Bertz CT molecular complexity index is 792. The van der Waals surface area contributed by atoms with Crippen molar-refractivity contribution in [2.24, 2.45) is 0 Å². The maximum absolute atomic E-state index is 12.4. The first-order valence-electron chi connectivity index (χ1n) is 5.47. The summed E-state index contributed by atoms with van der Waals surface area (Å²) < 4.78 is 25.3. The van der Waals surface area contributed by atoms with Crippen molar-refractivity contribution in [1.82, 2.24) is 9.19 Å². The van der Waals surface area contributed by atoms with Crippen molar-refractivity contribution in [2.45, 2.75) is 11.8 Å². The number of rotatable bonds is 4. The Morgan fingerprint density at radius 3 is 2.60 bits per heavy atom. The highest BCUT2D eigenvalue weighted by Crippen LogP contribution is 2.19. The van der Waals surface area contributed by atoms with Gasteiger partial charge in [0, 0.05) is 5.56 Å². The van der Waals surface area contributed by atoms with E-state index in [2.05, 4.69) is 5.10 Å². The molecule has 1 aromatic heterocycles. The lowest BCUT2D eigenvalue weighted by Crippen LogP contribution is -2.21. The zero-order valence-corrected chi connectivity index (χ0v) is 11.2. The van der Waals surface area contributed by atoms with Gasteiger partial charge in [0.25, 0.3) is 10.0 Å². The van der Waals surface area contributed by atoms with Crippen molar-refractivity contribution < 1.29 is 23.1 Å². The van der Waals surface area contributed by atoms with Gasteiger partial charge in [-0.25, -0.2) is 4.79 Å². The number of benzene rings is 1. The van der Waals surface area contributed by atoms with Gasteiger partial charge in [-0.1, -0.05) is 18.2 Å². The van der Waals surface area contributed by atoms with Gasteiger partial charge >= 0.3 is 5.97 Å². The number of nitrogens with zero attached hydrogens (tertiary/aromatic N) is 2. The Hall–Kier alpha value is -2.48. The second kappa shape index (κ2) is 4.89. The van der Waals surface area contributed by atoms with E-state index in [1.807, 2.05) is 0 Å². The summed E-state index contributed by atoms with van der Waals surface area (Å²) in [6.45, 7) is 1.48. The maximum atomic E-state index is 12.4. The van der Waals surface area contributed by atoms with Crippen LogP contribution in [0.25, 0.3) is 0 Å². The topological polar surface area (TPSA) is 106 Å². The van der Waals surface area contributed by atoms with Crippen LogP contribution in [0.2, 0.25) is 0 Å². The summed E-state index contributed by atoms with van der Waals surface area (Å²) in [6.07, 6.45) is 0.393. The first kappa shape index (κ1) is 13.9. The zero-order chi connectivity index (χ0) is 14.9. The number of carboxylic acids is 1. The lowest BCUT2D eigenvalue weighted by molar-refractivity contribution is 0.0688. The molecule has 104 valence electrons. The molecule has 0 aliphatic heterocycles. The molecular weight excluding hydrogens is 284 g/mol. The van der Waals surface area contributed by atoms with Crippen LogP contribution >= 0.6 is 0 Å². The molecule has 1 N–H and O–H groups in total. The van der Waals surface area contributed by atoms with Gasteiger partial charge in [-0.2, -0.15) is 13.5 Å². The third-order valence-corrected chi connectivity index (χ3v) is 4.23. The van der Waals surface area contributed by atoms with Crippen molar-refractivity contribution in [3.05, 3.63) is 47.3 Å². The fourth-order valence-corrected chi connectivity index (χ4v) is 3.19. The van der Waals surface area contributed by atoms with E-state index in [1.165, 1.54) is 31.2 Å². The van der Waals surface area contributed by atoms with E-state index < -0.39 is 21.7 Å². The first-order chi connectivity index (χ1) is 9.37. The predicted octanol–water partition coefficient (Wildman–Crippen LogP) is 0.939. The molecule has 1 heterocycles. The Morgan fingerprint density at radius 2 is 2.00 bits per heavy atom. The Morgan fingerprint density at radius 1 is 1.35 bits per heavy atom. The van der Waals surface area contributed by atoms with Crippen LogP contribution in [-0.2, 0) is 10.0 Å². The summed E-state index contributed by atoms with van der Waals surface area (Å²) in [7, 11) is -4.24. The molecule has 0 amide bonds. The molecule has 8 heteroatoms. The minimum Gasteiger partial charge on any atom is -0.476 e. The van der Waals surface area contributed by atoms with Crippen molar-refractivity contribution in [2.75, 3.05) is 0 Å². The lowest BCUT2D eigenvalue weighted by Gasteiger charge is -2.08. The quantitative estimate of drug-likeness (QED) is 0.841. The van der Waals surface area contributed by atoms with Gasteiger partial charge in [0.1, 0.15) is 0 Å². The normalized spacial score (nSPS) is 11.2. The molecule has 2 aromatic rings. The molecule has 20 heavy (non-hydrogen) atoms. The van der Waals surface area contributed by atoms with Crippen molar-refractivity contribution in [1.29, 1.82) is 0 Å². The van der Waals surface area contributed by atoms with E-state index >= 15 is 0 Å². The highest BCUT2D eigenvalue weighted by molar-refractivity contribution is 7.90. The smallest absolute Gasteiger partial charge is 0.355 e. The molecule has 2 rings (SSSR count). The number of aryl methyl sites for hydroxylation is 1. The van der Waals surface area contributed by atoms with Crippen LogP contribution in [-0.4, -0.2) is 35.0 Å². The Kier molecular flexibility index (Phi) is 3.41. The number of aromatic nitrogens is 2. The van der Waals surface area contributed by atoms with Gasteiger partial charge in [-0.05, 0) is 19.1 Å². The number of carboxylic acid groups (broad SMARTS) is 1. The Labute approximate surface area is 114 Å². The molecule has 0 atom stereocenters. The van der Waals surface area contributed by atoms with E-state index in [4.69, 9.17) is 5.11 Å². The van der Waals surface area contributed by atoms with E-state index in [0.29, 0.717) is 10.4 Å². The Balaban J connectivity index is 2.73. The van der Waals surface area contributed by atoms with Crippen LogP contribution in [0, 0.1) is 6.92 Å². The third kappa shape index (κ3) is 2.21. The minimum atomic E-state index is -4.24. The maximum Gasteiger partial charge on any atom is 0.355 e. The second-order valence-electron chi connectivity index (χ2n) is 3.98. The molecule has 7 nitrogen and oxygen atoms in total. The fourth-order valence-electron chi connectivity index (χ4n) is 1.71. The SMILES string of the molecule is Cc1cc(C(=O)O)n(S(=O)(=O)c2ccccc2C=O)n1. The number of carbonyl (C=O) groups excluding carboxylic acids is 1. The number of aldehydes is 1. The van der Waals surface area contributed by atoms with Gasteiger partial charge < -0.3 is 5.11 Å². The standard InChI is InChI=1S/C12H10N2O5S/c1-8-6-10(12(16)17)14(13-8)20(18,19)11-5-3-2-4-9(11)7-15/h2-7H,1H3,(H,16,17).